The van der Waals surface area contributed by atoms with Gasteiger partial charge in [-0.3, -0.25) is 4.79 Å². The molecule has 27 heavy (non-hydrogen) atoms. The third-order valence-corrected chi connectivity index (χ3v) is 4.10. The summed E-state index contributed by atoms with van der Waals surface area (Å²) in [5.74, 6) is -1.02. The number of nitrogens with one attached hydrogen (secondary N) is 2. The number of nitrogens with zero attached hydrogens (tertiary/aromatic N) is 1. The molecular weight excluding hydrogens is 356 g/mol. The molecule has 0 unspecified atom stereocenters. The van der Waals surface area contributed by atoms with E-state index >= 15 is 0 Å². The second-order valence-corrected chi connectivity index (χ2v) is 6.05. The van der Waals surface area contributed by atoms with Gasteiger partial charge in [-0.25, -0.2) is 13.6 Å². The first kappa shape index (κ1) is 18.6. The van der Waals surface area contributed by atoms with Gasteiger partial charge in [0.1, 0.15) is 17.4 Å². The maximum atomic E-state index is 13.6. The van der Waals surface area contributed by atoms with Crippen molar-refractivity contribution < 1.29 is 23.1 Å². The summed E-state index contributed by atoms with van der Waals surface area (Å²) >= 11 is 0. The van der Waals surface area contributed by atoms with Crippen molar-refractivity contribution in [3.05, 3.63) is 54.1 Å². The number of hydrogen-bond donors (Lipinski definition) is 2. The number of hydrogen-bond acceptors (Lipinski definition) is 3. The molecule has 0 aromatic heterocycles. The largest absolute Gasteiger partial charge is 0.494 e. The van der Waals surface area contributed by atoms with Gasteiger partial charge in [-0.05, 0) is 43.3 Å². The number of carbonyl (C=O) groups is 2. The molecule has 1 aliphatic rings. The zero-order valence-corrected chi connectivity index (χ0v) is 14.7. The molecule has 1 saturated heterocycles. The number of ether oxygens (including phenoxy) is 1. The van der Waals surface area contributed by atoms with Crippen LogP contribution in [0.4, 0.5) is 25.0 Å². The van der Waals surface area contributed by atoms with Gasteiger partial charge < -0.3 is 20.3 Å². The van der Waals surface area contributed by atoms with Gasteiger partial charge in [0.2, 0.25) is 5.91 Å². The molecule has 0 radical (unpaired) electrons. The minimum Gasteiger partial charge on any atom is -0.494 e. The summed E-state index contributed by atoms with van der Waals surface area (Å²) in [6, 6.07) is 8.88. The SMILES string of the molecule is CCOc1ccc(N2C[C@H](NC(=O)Nc3ccc(F)cc3F)CC2=O)cc1. The van der Waals surface area contributed by atoms with Gasteiger partial charge in [0, 0.05) is 24.7 Å². The van der Waals surface area contributed by atoms with Crippen LogP contribution in [-0.4, -0.2) is 31.1 Å². The molecule has 0 aliphatic carbocycles. The molecule has 1 aliphatic heterocycles. The Labute approximate surface area is 155 Å². The van der Waals surface area contributed by atoms with Crippen LogP contribution in [0.15, 0.2) is 42.5 Å². The monoisotopic (exact) mass is 375 g/mol. The fourth-order valence-electron chi connectivity index (χ4n) is 2.88. The first-order chi connectivity index (χ1) is 13.0. The van der Waals surface area contributed by atoms with E-state index < -0.39 is 23.7 Å². The van der Waals surface area contributed by atoms with E-state index in [-0.39, 0.29) is 18.0 Å². The lowest BCUT2D eigenvalue weighted by Crippen LogP contribution is -2.39. The smallest absolute Gasteiger partial charge is 0.319 e. The molecule has 142 valence electrons. The molecule has 1 atom stereocenters. The van der Waals surface area contributed by atoms with Gasteiger partial charge in [-0.2, -0.15) is 0 Å². The van der Waals surface area contributed by atoms with Crippen molar-refractivity contribution in [3.8, 4) is 5.75 Å². The zero-order chi connectivity index (χ0) is 19.4. The summed E-state index contributed by atoms with van der Waals surface area (Å²) in [6.45, 7) is 2.74. The van der Waals surface area contributed by atoms with Crippen molar-refractivity contribution in [1.82, 2.24) is 5.32 Å². The molecule has 3 amide bonds. The number of benzene rings is 2. The Morgan fingerprint density at radius 3 is 2.63 bits per heavy atom. The lowest BCUT2D eigenvalue weighted by Gasteiger charge is -2.18. The van der Waals surface area contributed by atoms with Crippen LogP contribution in [-0.2, 0) is 4.79 Å². The highest BCUT2D eigenvalue weighted by Crippen LogP contribution is 2.24. The molecule has 2 N–H and O–H groups in total. The maximum Gasteiger partial charge on any atom is 0.319 e. The van der Waals surface area contributed by atoms with Gasteiger partial charge >= 0.3 is 6.03 Å². The zero-order valence-electron chi connectivity index (χ0n) is 14.7. The van der Waals surface area contributed by atoms with Crippen molar-refractivity contribution in [2.75, 3.05) is 23.4 Å². The van der Waals surface area contributed by atoms with Gasteiger partial charge in [-0.15, -0.1) is 0 Å². The van der Waals surface area contributed by atoms with Gasteiger partial charge in [-0.1, -0.05) is 0 Å². The summed E-state index contributed by atoms with van der Waals surface area (Å²) in [6.07, 6.45) is 0.131. The summed E-state index contributed by atoms with van der Waals surface area (Å²) < 4.78 is 31.9. The molecular formula is C19H19F2N3O3. The van der Waals surface area contributed by atoms with Crippen molar-refractivity contribution in [3.63, 3.8) is 0 Å². The summed E-state index contributed by atoms with van der Waals surface area (Å²) in [7, 11) is 0. The Morgan fingerprint density at radius 1 is 1.22 bits per heavy atom. The Bertz CT molecular complexity index is 843. The maximum absolute atomic E-state index is 13.6. The average Bonchev–Trinajstić information content (AvgIpc) is 2.98. The molecule has 2 aromatic carbocycles. The van der Waals surface area contributed by atoms with Crippen LogP contribution in [0, 0.1) is 11.6 Å². The van der Waals surface area contributed by atoms with Crippen LogP contribution in [0.25, 0.3) is 0 Å². The van der Waals surface area contributed by atoms with Crippen molar-refractivity contribution >= 4 is 23.3 Å². The van der Waals surface area contributed by atoms with Crippen molar-refractivity contribution in [1.29, 1.82) is 0 Å². The lowest BCUT2D eigenvalue weighted by molar-refractivity contribution is -0.117. The number of urea groups is 1. The minimum atomic E-state index is -0.872. The normalized spacial score (nSPS) is 16.3. The molecule has 0 spiro atoms. The Hall–Kier alpha value is -3.16. The molecule has 6 nitrogen and oxygen atoms in total. The van der Waals surface area contributed by atoms with Crippen molar-refractivity contribution in [2.24, 2.45) is 0 Å². The highest BCUT2D eigenvalue weighted by Gasteiger charge is 2.31. The summed E-state index contributed by atoms with van der Waals surface area (Å²) in [5, 5.41) is 4.95. The Kier molecular flexibility index (Phi) is 5.54. The third kappa shape index (κ3) is 4.52. The van der Waals surface area contributed by atoms with E-state index in [4.69, 9.17) is 4.74 Å². The molecule has 3 rings (SSSR count). The van der Waals surface area contributed by atoms with Gasteiger partial charge in [0.25, 0.3) is 0 Å². The standard InChI is InChI=1S/C19H19F2N3O3/c1-2-27-15-6-4-14(5-7-15)24-11-13(10-18(24)25)22-19(26)23-17-8-3-12(20)9-16(17)21/h3-9,13H,2,10-11H2,1H3,(H2,22,23,26)/t13-/m1/s1. The van der Waals surface area contributed by atoms with Crippen LogP contribution >= 0.6 is 0 Å². The van der Waals surface area contributed by atoms with E-state index in [2.05, 4.69) is 10.6 Å². The molecule has 0 saturated carbocycles. The number of amides is 3. The van der Waals surface area contributed by atoms with Crippen LogP contribution in [0.2, 0.25) is 0 Å². The summed E-state index contributed by atoms with van der Waals surface area (Å²) in [5.41, 5.74) is 0.569. The first-order valence-corrected chi connectivity index (χ1v) is 8.52. The summed E-state index contributed by atoms with van der Waals surface area (Å²) in [4.78, 5) is 25.9. The predicted molar refractivity (Wildman–Crippen MR) is 96.9 cm³/mol. The molecule has 2 aromatic rings. The number of halogens is 2. The van der Waals surface area contributed by atoms with Crippen LogP contribution in [0.3, 0.4) is 0 Å². The average molecular weight is 375 g/mol. The molecule has 1 fully saturated rings. The third-order valence-electron chi connectivity index (χ3n) is 4.10. The van der Waals surface area contributed by atoms with Crippen molar-refractivity contribution in [2.45, 2.75) is 19.4 Å². The number of rotatable bonds is 5. The van der Waals surface area contributed by atoms with E-state index in [0.717, 1.165) is 12.1 Å². The Balaban J connectivity index is 1.59. The van der Waals surface area contributed by atoms with E-state index in [1.54, 1.807) is 29.2 Å². The lowest BCUT2D eigenvalue weighted by atomic mass is 10.2. The van der Waals surface area contributed by atoms with Crippen LogP contribution < -0.4 is 20.3 Å². The van der Waals surface area contributed by atoms with Crippen LogP contribution in [0.5, 0.6) is 5.75 Å². The topological polar surface area (TPSA) is 70.7 Å². The highest BCUT2D eigenvalue weighted by atomic mass is 19.1. The van der Waals surface area contributed by atoms with E-state index in [1.807, 2.05) is 6.92 Å². The highest BCUT2D eigenvalue weighted by molar-refractivity contribution is 5.97. The van der Waals surface area contributed by atoms with Gasteiger partial charge in [0.05, 0.1) is 18.3 Å². The fraction of sp³-hybridized carbons (Fsp3) is 0.263. The minimum absolute atomic E-state index is 0.127. The quantitative estimate of drug-likeness (QED) is 0.843. The second kappa shape index (κ2) is 8.03. The number of carbonyl (C=O) groups excluding carboxylic acids is 2. The van der Waals surface area contributed by atoms with E-state index in [0.29, 0.717) is 30.7 Å². The second-order valence-electron chi connectivity index (χ2n) is 6.05. The van der Waals surface area contributed by atoms with E-state index in [9.17, 15) is 18.4 Å². The molecule has 8 heteroatoms. The fourth-order valence-corrected chi connectivity index (χ4v) is 2.88. The first-order valence-electron chi connectivity index (χ1n) is 8.52. The van der Waals surface area contributed by atoms with Gasteiger partial charge in [0.15, 0.2) is 0 Å². The number of anilines is 2. The Morgan fingerprint density at radius 2 is 1.96 bits per heavy atom. The van der Waals surface area contributed by atoms with E-state index in [1.165, 1.54) is 0 Å². The predicted octanol–water partition coefficient (Wildman–Crippen LogP) is 3.29. The van der Waals surface area contributed by atoms with Crippen LogP contribution in [0.1, 0.15) is 13.3 Å². The molecule has 0 bridgehead atoms. The molecule has 1 heterocycles.